The van der Waals surface area contributed by atoms with Crippen LogP contribution in [0, 0.1) is 16.8 Å². The summed E-state index contributed by atoms with van der Waals surface area (Å²) in [6.45, 7) is 0. The van der Waals surface area contributed by atoms with Crippen LogP contribution in [0.15, 0.2) is 12.1 Å². The highest BCUT2D eigenvalue weighted by Gasteiger charge is 1.94. The van der Waals surface area contributed by atoms with Crippen molar-refractivity contribution in [2.45, 2.75) is 0 Å². The molecule has 0 aliphatic heterocycles. The molecule has 1 rings (SSSR count). The van der Waals surface area contributed by atoms with Crippen LogP contribution in [-0.4, -0.2) is 0 Å². The summed E-state index contributed by atoms with van der Waals surface area (Å²) >= 11 is 6.88. The van der Waals surface area contributed by atoms with Gasteiger partial charge in [0, 0.05) is 10.7 Å². The molecular formula is C6H2I3. The summed E-state index contributed by atoms with van der Waals surface area (Å²) in [5.74, 6) is 0. The normalized spacial score (nSPS) is 9.67. The third kappa shape index (κ3) is 2.49. The van der Waals surface area contributed by atoms with Crippen molar-refractivity contribution >= 4 is 67.8 Å². The molecule has 0 bridgehead atoms. The summed E-state index contributed by atoms with van der Waals surface area (Å²) in [4.78, 5) is 0. The van der Waals surface area contributed by atoms with Gasteiger partial charge in [-0.1, -0.05) is 0 Å². The van der Waals surface area contributed by atoms with Crippen LogP contribution in [0.4, 0.5) is 0 Å². The summed E-state index contributed by atoms with van der Waals surface area (Å²) in [6, 6.07) is 7.23. The van der Waals surface area contributed by atoms with E-state index in [0.29, 0.717) is 0 Å². The molecule has 0 aromatic heterocycles. The fourth-order valence-electron chi connectivity index (χ4n) is 0.423. The molecule has 1 radical (unpaired) electrons. The van der Waals surface area contributed by atoms with E-state index >= 15 is 0 Å². The fraction of sp³-hybridized carbons (Fsp3) is 0. The molecule has 0 amide bonds. The van der Waals surface area contributed by atoms with Crippen molar-refractivity contribution in [2.24, 2.45) is 0 Å². The molecule has 1 aromatic rings. The lowest BCUT2D eigenvalue weighted by Gasteiger charge is -1.93. The smallest absolute Gasteiger partial charge is 0.0274 e. The Hall–Kier alpha value is 1.41. The zero-order valence-electron chi connectivity index (χ0n) is 4.29. The SMILES string of the molecule is Ic1[c]cc(I)c(I)c1. The first-order valence-electron chi connectivity index (χ1n) is 2.22. The lowest BCUT2D eigenvalue weighted by Crippen LogP contribution is -1.79. The molecule has 0 atom stereocenters. The second-order valence-electron chi connectivity index (χ2n) is 1.48. The standard InChI is InChI=1S/C6H2I3/c7-4-1-2-5(8)6(9)3-4/h2-3H. The van der Waals surface area contributed by atoms with Gasteiger partial charge in [-0.25, -0.2) is 0 Å². The van der Waals surface area contributed by atoms with Crippen molar-refractivity contribution in [2.75, 3.05) is 0 Å². The minimum atomic E-state index is 1.18. The van der Waals surface area contributed by atoms with Crippen molar-refractivity contribution in [1.29, 1.82) is 0 Å². The summed E-state index contributed by atoms with van der Waals surface area (Å²) in [5, 5.41) is 0. The lowest BCUT2D eigenvalue weighted by atomic mass is 10.4. The zero-order valence-corrected chi connectivity index (χ0v) is 10.8. The monoisotopic (exact) mass is 455 g/mol. The summed E-state index contributed by atoms with van der Waals surface area (Å²) in [5.41, 5.74) is 0. The van der Waals surface area contributed by atoms with E-state index in [9.17, 15) is 0 Å². The molecule has 9 heavy (non-hydrogen) atoms. The highest BCUT2D eigenvalue weighted by atomic mass is 127. The Bertz CT molecular complexity index is 220. The average Bonchev–Trinajstić information content (AvgIpc) is 1.80. The molecule has 0 nitrogen and oxygen atoms in total. The van der Waals surface area contributed by atoms with E-state index in [2.05, 4.69) is 79.9 Å². The molecule has 1 aromatic carbocycles. The molecule has 0 heterocycles. The van der Waals surface area contributed by atoms with E-state index in [1.807, 2.05) is 6.07 Å². The molecule has 0 spiro atoms. The van der Waals surface area contributed by atoms with Gasteiger partial charge in [0.2, 0.25) is 0 Å². The van der Waals surface area contributed by atoms with Gasteiger partial charge in [0.1, 0.15) is 0 Å². The van der Waals surface area contributed by atoms with Crippen molar-refractivity contribution in [1.82, 2.24) is 0 Å². The Morgan fingerprint density at radius 1 is 1.11 bits per heavy atom. The number of halogens is 3. The van der Waals surface area contributed by atoms with Crippen LogP contribution in [0.1, 0.15) is 0 Å². The Balaban J connectivity index is 3.17. The van der Waals surface area contributed by atoms with Gasteiger partial charge in [0.25, 0.3) is 0 Å². The number of hydrogen-bond donors (Lipinski definition) is 0. The Morgan fingerprint density at radius 3 is 2.22 bits per heavy atom. The molecular weight excluding hydrogens is 453 g/mol. The third-order valence-electron chi connectivity index (χ3n) is 0.818. The Labute approximate surface area is 95.2 Å². The largest absolute Gasteiger partial charge is 0.0436 e. The van der Waals surface area contributed by atoms with Gasteiger partial charge in [0.15, 0.2) is 0 Å². The van der Waals surface area contributed by atoms with Crippen molar-refractivity contribution in [3.8, 4) is 0 Å². The molecule has 0 aliphatic carbocycles. The predicted octanol–water partition coefficient (Wildman–Crippen LogP) is 3.30. The second-order valence-corrected chi connectivity index (χ2v) is 4.96. The van der Waals surface area contributed by atoms with E-state index in [0.717, 1.165) is 0 Å². The minimum absolute atomic E-state index is 1.18. The van der Waals surface area contributed by atoms with Gasteiger partial charge in [-0.15, -0.1) is 0 Å². The molecule has 0 unspecified atom stereocenters. The van der Waals surface area contributed by atoms with E-state index < -0.39 is 0 Å². The number of hydrogen-bond acceptors (Lipinski definition) is 0. The molecule has 0 fully saturated rings. The number of benzene rings is 1. The fourth-order valence-corrected chi connectivity index (χ4v) is 2.26. The van der Waals surface area contributed by atoms with Gasteiger partial charge in [0.05, 0.1) is 0 Å². The van der Waals surface area contributed by atoms with Crippen LogP contribution in [0.25, 0.3) is 0 Å². The number of rotatable bonds is 0. The van der Waals surface area contributed by atoms with Crippen LogP contribution in [0.2, 0.25) is 0 Å². The molecule has 0 saturated heterocycles. The molecule has 0 N–H and O–H groups in total. The first-order chi connectivity index (χ1) is 4.20. The topological polar surface area (TPSA) is 0 Å². The van der Waals surface area contributed by atoms with Crippen LogP contribution >= 0.6 is 67.8 Å². The highest BCUT2D eigenvalue weighted by molar-refractivity contribution is 14.1. The summed E-state index contributed by atoms with van der Waals surface area (Å²) < 4.78 is 3.75. The van der Waals surface area contributed by atoms with Gasteiger partial charge in [-0.2, -0.15) is 0 Å². The van der Waals surface area contributed by atoms with E-state index in [-0.39, 0.29) is 0 Å². The van der Waals surface area contributed by atoms with E-state index in [1.165, 1.54) is 10.7 Å². The molecule has 0 saturated carbocycles. The van der Waals surface area contributed by atoms with Gasteiger partial charge >= 0.3 is 0 Å². The highest BCUT2D eigenvalue weighted by Crippen LogP contribution is 2.16. The first-order valence-corrected chi connectivity index (χ1v) is 5.46. The van der Waals surface area contributed by atoms with Crippen LogP contribution < -0.4 is 0 Å². The quantitative estimate of drug-likeness (QED) is 0.417. The van der Waals surface area contributed by atoms with E-state index in [1.54, 1.807) is 0 Å². The van der Waals surface area contributed by atoms with Gasteiger partial charge in [-0.05, 0) is 86.0 Å². The van der Waals surface area contributed by atoms with Crippen LogP contribution in [0.5, 0.6) is 0 Å². The molecule has 3 heteroatoms. The maximum atomic E-state index is 3.11. The summed E-state index contributed by atoms with van der Waals surface area (Å²) in [6.07, 6.45) is 0. The lowest BCUT2D eigenvalue weighted by molar-refractivity contribution is 1.53. The zero-order chi connectivity index (χ0) is 6.85. The Kier molecular flexibility index (Phi) is 3.50. The predicted molar refractivity (Wildman–Crippen MR) is 63.4 cm³/mol. The maximum absolute atomic E-state index is 3.11. The van der Waals surface area contributed by atoms with Crippen LogP contribution in [0.3, 0.4) is 0 Å². The van der Waals surface area contributed by atoms with Gasteiger partial charge < -0.3 is 0 Å². The summed E-state index contributed by atoms with van der Waals surface area (Å²) in [7, 11) is 0. The first kappa shape index (κ1) is 8.51. The van der Waals surface area contributed by atoms with Crippen LogP contribution in [-0.2, 0) is 0 Å². The minimum Gasteiger partial charge on any atom is -0.0436 e. The average molecular weight is 455 g/mol. The van der Waals surface area contributed by atoms with Crippen molar-refractivity contribution in [3.63, 3.8) is 0 Å². The molecule has 47 valence electrons. The van der Waals surface area contributed by atoms with Crippen molar-refractivity contribution < 1.29 is 0 Å². The maximum Gasteiger partial charge on any atom is 0.0274 e. The van der Waals surface area contributed by atoms with E-state index in [4.69, 9.17) is 0 Å². The third-order valence-corrected chi connectivity index (χ3v) is 4.26. The van der Waals surface area contributed by atoms with Crippen molar-refractivity contribution in [3.05, 3.63) is 28.9 Å². The Morgan fingerprint density at radius 2 is 1.78 bits per heavy atom. The second kappa shape index (κ2) is 3.70. The van der Waals surface area contributed by atoms with Gasteiger partial charge in [-0.3, -0.25) is 0 Å². The molecule has 0 aliphatic rings.